The third-order valence-corrected chi connectivity index (χ3v) is 5.07. The molecule has 1 saturated carbocycles. The molecule has 1 atom stereocenters. The lowest BCUT2D eigenvalue weighted by Crippen LogP contribution is -2.35. The van der Waals surface area contributed by atoms with E-state index >= 15 is 0 Å². The zero-order chi connectivity index (χ0) is 14.9. The van der Waals surface area contributed by atoms with Gasteiger partial charge in [-0.2, -0.15) is 0 Å². The molecule has 1 saturated heterocycles. The van der Waals surface area contributed by atoms with Gasteiger partial charge in [0.15, 0.2) is 0 Å². The third kappa shape index (κ3) is 2.98. The summed E-state index contributed by atoms with van der Waals surface area (Å²) in [7, 11) is 0. The van der Waals surface area contributed by atoms with Gasteiger partial charge in [-0.3, -0.25) is 4.98 Å². The van der Waals surface area contributed by atoms with Crippen LogP contribution in [0.5, 0.6) is 0 Å². The normalized spacial score (nSPS) is 27.3. The van der Waals surface area contributed by atoms with E-state index < -0.39 is 11.6 Å². The lowest BCUT2D eigenvalue weighted by Gasteiger charge is -2.30. The average molecular weight is 355 g/mol. The highest BCUT2D eigenvalue weighted by molar-refractivity contribution is 9.10. The molecule has 1 aromatic heterocycles. The van der Waals surface area contributed by atoms with E-state index in [9.17, 15) is 4.79 Å². The molecular weight excluding hydrogens is 336 g/mol. The second-order valence-corrected chi connectivity index (χ2v) is 6.97. The summed E-state index contributed by atoms with van der Waals surface area (Å²) in [6, 6.07) is 3.84. The highest BCUT2D eigenvalue weighted by Gasteiger charge is 2.51. The van der Waals surface area contributed by atoms with Crippen LogP contribution in [0.2, 0.25) is 0 Å². The summed E-state index contributed by atoms with van der Waals surface area (Å²) < 4.78 is 6.73. The molecule has 2 heterocycles. The van der Waals surface area contributed by atoms with Gasteiger partial charge in [-0.15, -0.1) is 0 Å². The summed E-state index contributed by atoms with van der Waals surface area (Å²) >= 11 is 3.38. The predicted molar refractivity (Wildman–Crippen MR) is 81.0 cm³/mol. The first-order chi connectivity index (χ1) is 10.0. The van der Waals surface area contributed by atoms with Crippen molar-refractivity contribution < 1.29 is 14.6 Å². The molecule has 0 amide bonds. The maximum absolute atomic E-state index is 10.9. The fraction of sp³-hybridized carbons (Fsp3) is 0.600. The first kappa shape index (κ1) is 14.9. The van der Waals surface area contributed by atoms with Crippen LogP contribution in [0, 0.1) is 0 Å². The Labute approximate surface area is 132 Å². The van der Waals surface area contributed by atoms with E-state index in [1.54, 1.807) is 6.20 Å². The molecule has 2 aliphatic rings. The van der Waals surface area contributed by atoms with Gasteiger partial charge in [-0.05, 0) is 40.9 Å². The summed E-state index contributed by atoms with van der Waals surface area (Å²) in [6.07, 6.45) is 7.22. The minimum atomic E-state index is -0.946. The maximum atomic E-state index is 10.9. The van der Waals surface area contributed by atoms with E-state index in [1.165, 1.54) is 12.8 Å². The third-order valence-electron chi connectivity index (χ3n) is 4.60. The summed E-state index contributed by atoms with van der Waals surface area (Å²) in [6.45, 7) is 0.324. The van der Waals surface area contributed by atoms with Crippen LogP contribution in [-0.4, -0.2) is 34.8 Å². The van der Waals surface area contributed by atoms with Crippen LogP contribution in [0.3, 0.4) is 0 Å². The van der Waals surface area contributed by atoms with Gasteiger partial charge in [0.05, 0.1) is 5.69 Å². The Morgan fingerprint density at radius 3 is 2.81 bits per heavy atom. The van der Waals surface area contributed by atoms with Crippen molar-refractivity contribution in [1.82, 2.24) is 10.3 Å². The van der Waals surface area contributed by atoms with Crippen molar-refractivity contribution >= 4 is 21.9 Å². The van der Waals surface area contributed by atoms with Gasteiger partial charge in [-0.1, -0.05) is 12.8 Å². The van der Waals surface area contributed by atoms with Crippen LogP contribution < -0.4 is 5.32 Å². The number of carbonyl (C=O) groups is 1. The van der Waals surface area contributed by atoms with Crippen molar-refractivity contribution in [2.45, 2.75) is 43.2 Å². The van der Waals surface area contributed by atoms with Crippen molar-refractivity contribution in [2.75, 3.05) is 13.2 Å². The maximum Gasteiger partial charge on any atom is 0.329 e. The average Bonchev–Trinajstić information content (AvgIpc) is 3.07. The SMILES string of the molecule is O=C(O)COC1(c2ccc(Br)cn2)CNC2(CCCC2)C1. The van der Waals surface area contributed by atoms with E-state index in [2.05, 4.69) is 26.2 Å². The molecule has 6 heteroatoms. The number of nitrogens with one attached hydrogen (secondary N) is 1. The van der Waals surface area contributed by atoms with Gasteiger partial charge in [0.25, 0.3) is 0 Å². The van der Waals surface area contributed by atoms with Gasteiger partial charge < -0.3 is 15.2 Å². The molecule has 1 aliphatic heterocycles. The number of halogens is 1. The number of carboxylic acid groups (broad SMARTS) is 1. The number of hydrogen-bond donors (Lipinski definition) is 2. The van der Waals surface area contributed by atoms with Crippen molar-refractivity contribution in [1.29, 1.82) is 0 Å². The van der Waals surface area contributed by atoms with Crippen LogP contribution in [0.15, 0.2) is 22.8 Å². The lowest BCUT2D eigenvalue weighted by molar-refractivity contribution is -0.150. The molecule has 1 aliphatic carbocycles. The van der Waals surface area contributed by atoms with E-state index in [0.29, 0.717) is 6.54 Å². The predicted octanol–water partition coefficient (Wildman–Crippen LogP) is 2.45. The van der Waals surface area contributed by atoms with Gasteiger partial charge >= 0.3 is 5.97 Å². The molecular formula is C15H19BrN2O3. The van der Waals surface area contributed by atoms with Gasteiger partial charge in [0, 0.05) is 29.2 Å². The minimum Gasteiger partial charge on any atom is -0.480 e. The Bertz CT molecular complexity index is 528. The Kier molecular flexibility index (Phi) is 4.03. The Morgan fingerprint density at radius 1 is 1.43 bits per heavy atom. The van der Waals surface area contributed by atoms with Gasteiger partial charge in [0.1, 0.15) is 12.2 Å². The van der Waals surface area contributed by atoms with Crippen molar-refractivity contribution in [3.05, 3.63) is 28.5 Å². The topological polar surface area (TPSA) is 71.5 Å². The number of rotatable bonds is 4. The van der Waals surface area contributed by atoms with Crippen LogP contribution in [0.4, 0.5) is 0 Å². The van der Waals surface area contributed by atoms with Crippen LogP contribution in [0.1, 0.15) is 37.8 Å². The standard InChI is InChI=1S/C15H19BrN2O3/c16-11-3-4-12(17-7-11)15(21-8-13(19)20)9-14(18-10-15)5-1-2-6-14/h3-4,7,18H,1-2,5-6,8-10H2,(H,19,20). The van der Waals surface area contributed by atoms with E-state index in [1.807, 2.05) is 12.1 Å². The Balaban J connectivity index is 1.88. The number of aromatic nitrogens is 1. The number of nitrogens with zero attached hydrogens (tertiary/aromatic N) is 1. The zero-order valence-electron chi connectivity index (χ0n) is 11.8. The molecule has 21 heavy (non-hydrogen) atoms. The molecule has 5 nitrogen and oxygen atoms in total. The highest BCUT2D eigenvalue weighted by atomic mass is 79.9. The van der Waals surface area contributed by atoms with Gasteiger partial charge in [0.2, 0.25) is 0 Å². The van der Waals surface area contributed by atoms with Crippen LogP contribution in [0.25, 0.3) is 0 Å². The molecule has 1 spiro atoms. The first-order valence-corrected chi connectivity index (χ1v) is 8.06. The first-order valence-electron chi connectivity index (χ1n) is 7.27. The molecule has 2 fully saturated rings. The van der Waals surface area contributed by atoms with Crippen molar-refractivity contribution in [2.24, 2.45) is 0 Å². The molecule has 3 rings (SSSR count). The van der Waals surface area contributed by atoms with E-state index in [4.69, 9.17) is 9.84 Å². The monoisotopic (exact) mass is 354 g/mol. The number of carboxylic acids is 1. The van der Waals surface area contributed by atoms with Crippen LogP contribution >= 0.6 is 15.9 Å². The number of hydrogen-bond acceptors (Lipinski definition) is 4. The molecule has 2 N–H and O–H groups in total. The van der Waals surface area contributed by atoms with E-state index in [-0.39, 0.29) is 12.1 Å². The molecule has 0 radical (unpaired) electrons. The number of aliphatic carboxylic acids is 1. The fourth-order valence-corrected chi connectivity index (χ4v) is 3.84. The molecule has 0 aromatic carbocycles. The van der Waals surface area contributed by atoms with E-state index in [0.717, 1.165) is 29.4 Å². The summed E-state index contributed by atoms with van der Waals surface area (Å²) in [4.78, 5) is 15.4. The Morgan fingerprint density at radius 2 is 2.19 bits per heavy atom. The summed E-state index contributed by atoms with van der Waals surface area (Å²) in [5, 5.41) is 12.6. The number of ether oxygens (including phenoxy) is 1. The smallest absolute Gasteiger partial charge is 0.329 e. The molecule has 1 aromatic rings. The van der Waals surface area contributed by atoms with Crippen molar-refractivity contribution in [3.63, 3.8) is 0 Å². The van der Waals surface area contributed by atoms with Gasteiger partial charge in [-0.25, -0.2) is 4.79 Å². The largest absolute Gasteiger partial charge is 0.480 e. The van der Waals surface area contributed by atoms with Crippen molar-refractivity contribution in [3.8, 4) is 0 Å². The number of pyridine rings is 1. The quantitative estimate of drug-likeness (QED) is 0.868. The lowest BCUT2D eigenvalue weighted by atomic mass is 9.86. The minimum absolute atomic E-state index is 0.0905. The summed E-state index contributed by atoms with van der Waals surface area (Å²) in [5.74, 6) is -0.946. The molecule has 114 valence electrons. The highest BCUT2D eigenvalue weighted by Crippen LogP contribution is 2.46. The summed E-state index contributed by atoms with van der Waals surface area (Å²) in [5.41, 5.74) is 0.264. The molecule has 1 unspecified atom stereocenters. The Hall–Kier alpha value is -0.980. The second kappa shape index (κ2) is 5.66. The zero-order valence-corrected chi connectivity index (χ0v) is 13.4. The second-order valence-electron chi connectivity index (χ2n) is 6.06. The fourth-order valence-electron chi connectivity index (χ4n) is 3.61. The van der Waals surface area contributed by atoms with Crippen LogP contribution in [-0.2, 0) is 15.1 Å². The molecule has 0 bridgehead atoms.